The standard InChI is InChI=1S/C10H18N2O/c1-10(4-5-10)12-9(13)8-3-2-6-11-7-8/h8,11H,2-7H2,1H3,(H,12,13)/t8-/m1/s1. The highest BCUT2D eigenvalue weighted by Crippen LogP contribution is 2.34. The van der Waals surface area contributed by atoms with Crippen LogP contribution in [0.5, 0.6) is 0 Å². The predicted molar refractivity (Wildman–Crippen MR) is 51.4 cm³/mol. The molecule has 2 rings (SSSR count). The Bertz CT molecular complexity index is 205. The third-order valence-electron chi connectivity index (χ3n) is 3.09. The zero-order valence-electron chi connectivity index (χ0n) is 8.23. The molecule has 2 fully saturated rings. The van der Waals surface area contributed by atoms with E-state index < -0.39 is 0 Å². The van der Waals surface area contributed by atoms with Crippen molar-refractivity contribution in [3.63, 3.8) is 0 Å². The number of nitrogens with one attached hydrogen (secondary N) is 2. The first-order valence-electron chi connectivity index (χ1n) is 5.22. The molecule has 1 amide bonds. The largest absolute Gasteiger partial charge is 0.351 e. The third-order valence-corrected chi connectivity index (χ3v) is 3.09. The number of carbonyl (C=O) groups excluding carboxylic acids is 1. The Morgan fingerprint density at radius 1 is 1.54 bits per heavy atom. The Morgan fingerprint density at radius 3 is 2.85 bits per heavy atom. The molecule has 0 aromatic rings. The zero-order chi connectivity index (χ0) is 9.31. The lowest BCUT2D eigenvalue weighted by Gasteiger charge is -2.23. The fourth-order valence-corrected chi connectivity index (χ4v) is 1.79. The monoisotopic (exact) mass is 182 g/mol. The van der Waals surface area contributed by atoms with Crippen molar-refractivity contribution in [3.05, 3.63) is 0 Å². The summed E-state index contributed by atoms with van der Waals surface area (Å²) < 4.78 is 0. The molecular weight excluding hydrogens is 164 g/mol. The summed E-state index contributed by atoms with van der Waals surface area (Å²) >= 11 is 0. The van der Waals surface area contributed by atoms with Crippen LogP contribution in [0.2, 0.25) is 0 Å². The Kier molecular flexibility index (Phi) is 2.28. The Balaban J connectivity index is 1.81. The second-order valence-electron chi connectivity index (χ2n) is 4.59. The summed E-state index contributed by atoms with van der Waals surface area (Å²) in [4.78, 5) is 11.7. The maximum Gasteiger partial charge on any atom is 0.224 e. The Morgan fingerprint density at radius 2 is 2.31 bits per heavy atom. The molecule has 1 saturated carbocycles. The molecule has 2 N–H and O–H groups in total. The molecule has 1 atom stereocenters. The number of hydrogen-bond acceptors (Lipinski definition) is 2. The van der Waals surface area contributed by atoms with Crippen LogP contribution in [-0.2, 0) is 4.79 Å². The van der Waals surface area contributed by atoms with E-state index in [0.29, 0.717) is 0 Å². The fraction of sp³-hybridized carbons (Fsp3) is 0.900. The molecule has 0 radical (unpaired) electrons. The topological polar surface area (TPSA) is 41.1 Å². The Labute approximate surface area is 79.3 Å². The van der Waals surface area contributed by atoms with Crippen molar-refractivity contribution in [2.75, 3.05) is 13.1 Å². The van der Waals surface area contributed by atoms with E-state index in [0.717, 1.165) is 38.8 Å². The molecule has 2 aliphatic rings. The molecule has 74 valence electrons. The van der Waals surface area contributed by atoms with E-state index in [1.165, 1.54) is 0 Å². The second-order valence-corrected chi connectivity index (χ2v) is 4.59. The van der Waals surface area contributed by atoms with Crippen molar-refractivity contribution in [2.24, 2.45) is 5.92 Å². The van der Waals surface area contributed by atoms with Crippen LogP contribution >= 0.6 is 0 Å². The van der Waals surface area contributed by atoms with Crippen LogP contribution in [0.1, 0.15) is 32.6 Å². The van der Waals surface area contributed by atoms with Gasteiger partial charge in [-0.1, -0.05) is 0 Å². The lowest BCUT2D eigenvalue weighted by molar-refractivity contribution is -0.126. The average molecular weight is 182 g/mol. The van der Waals surface area contributed by atoms with Crippen LogP contribution in [-0.4, -0.2) is 24.5 Å². The lowest BCUT2D eigenvalue weighted by Crippen LogP contribution is -2.44. The van der Waals surface area contributed by atoms with Gasteiger partial charge in [0.15, 0.2) is 0 Å². The number of rotatable bonds is 2. The SMILES string of the molecule is CC1(NC(=O)[C@@H]2CCCNC2)CC1. The van der Waals surface area contributed by atoms with Crippen molar-refractivity contribution in [2.45, 2.75) is 38.1 Å². The summed E-state index contributed by atoms with van der Waals surface area (Å²) in [6, 6.07) is 0. The average Bonchev–Trinajstić information content (AvgIpc) is 2.85. The van der Waals surface area contributed by atoms with Crippen LogP contribution in [0.4, 0.5) is 0 Å². The Hall–Kier alpha value is -0.570. The van der Waals surface area contributed by atoms with Gasteiger partial charge in [0.05, 0.1) is 5.92 Å². The highest BCUT2D eigenvalue weighted by Gasteiger charge is 2.39. The van der Waals surface area contributed by atoms with E-state index in [1.54, 1.807) is 0 Å². The van der Waals surface area contributed by atoms with E-state index in [9.17, 15) is 4.79 Å². The first kappa shape index (κ1) is 9.00. The second kappa shape index (κ2) is 3.29. The molecule has 1 aliphatic carbocycles. The number of amides is 1. The van der Waals surface area contributed by atoms with Crippen molar-refractivity contribution in [1.82, 2.24) is 10.6 Å². The smallest absolute Gasteiger partial charge is 0.224 e. The van der Waals surface area contributed by atoms with Crippen molar-refractivity contribution in [3.8, 4) is 0 Å². The number of carbonyl (C=O) groups is 1. The summed E-state index contributed by atoms with van der Waals surface area (Å²) in [5.74, 6) is 0.471. The van der Waals surface area contributed by atoms with Gasteiger partial charge in [0.2, 0.25) is 5.91 Å². The number of hydrogen-bond donors (Lipinski definition) is 2. The van der Waals surface area contributed by atoms with Gasteiger partial charge in [-0.2, -0.15) is 0 Å². The maximum absolute atomic E-state index is 11.7. The van der Waals surface area contributed by atoms with Gasteiger partial charge in [-0.05, 0) is 39.2 Å². The molecule has 0 unspecified atom stereocenters. The quantitative estimate of drug-likeness (QED) is 0.658. The maximum atomic E-state index is 11.7. The van der Waals surface area contributed by atoms with Crippen LogP contribution in [0, 0.1) is 5.92 Å². The summed E-state index contributed by atoms with van der Waals surface area (Å²) in [6.45, 7) is 4.06. The molecule has 1 aliphatic heterocycles. The fourth-order valence-electron chi connectivity index (χ4n) is 1.79. The molecule has 0 aromatic carbocycles. The van der Waals surface area contributed by atoms with Crippen LogP contribution < -0.4 is 10.6 Å². The molecule has 13 heavy (non-hydrogen) atoms. The van der Waals surface area contributed by atoms with Gasteiger partial charge in [-0.15, -0.1) is 0 Å². The van der Waals surface area contributed by atoms with Gasteiger partial charge in [-0.3, -0.25) is 4.79 Å². The van der Waals surface area contributed by atoms with Gasteiger partial charge in [0.25, 0.3) is 0 Å². The summed E-state index contributed by atoms with van der Waals surface area (Å²) in [5, 5.41) is 6.38. The van der Waals surface area contributed by atoms with Crippen LogP contribution in [0.3, 0.4) is 0 Å². The lowest BCUT2D eigenvalue weighted by atomic mass is 9.98. The molecule has 1 heterocycles. The summed E-state index contributed by atoms with van der Waals surface area (Å²) in [7, 11) is 0. The van der Waals surface area contributed by atoms with Gasteiger partial charge in [-0.25, -0.2) is 0 Å². The highest BCUT2D eigenvalue weighted by molar-refractivity contribution is 5.80. The highest BCUT2D eigenvalue weighted by atomic mass is 16.2. The predicted octanol–water partition coefficient (Wildman–Crippen LogP) is 0.655. The van der Waals surface area contributed by atoms with Crippen molar-refractivity contribution in [1.29, 1.82) is 0 Å². The zero-order valence-corrected chi connectivity index (χ0v) is 8.23. The van der Waals surface area contributed by atoms with E-state index in [4.69, 9.17) is 0 Å². The summed E-state index contributed by atoms with van der Waals surface area (Å²) in [5.41, 5.74) is 0.147. The summed E-state index contributed by atoms with van der Waals surface area (Å²) in [6.07, 6.45) is 4.49. The van der Waals surface area contributed by atoms with Crippen molar-refractivity contribution >= 4 is 5.91 Å². The van der Waals surface area contributed by atoms with E-state index in [2.05, 4.69) is 17.6 Å². The minimum atomic E-state index is 0.147. The molecule has 3 nitrogen and oxygen atoms in total. The third kappa shape index (κ3) is 2.21. The van der Waals surface area contributed by atoms with E-state index >= 15 is 0 Å². The molecule has 3 heteroatoms. The molecule has 0 aromatic heterocycles. The first-order chi connectivity index (χ1) is 6.20. The molecular formula is C10H18N2O. The molecule has 1 saturated heterocycles. The molecule has 0 spiro atoms. The van der Waals surface area contributed by atoms with Crippen molar-refractivity contribution < 1.29 is 4.79 Å². The van der Waals surface area contributed by atoms with Crippen LogP contribution in [0.15, 0.2) is 0 Å². The minimum absolute atomic E-state index is 0.147. The molecule has 0 bridgehead atoms. The van der Waals surface area contributed by atoms with Gasteiger partial charge in [0, 0.05) is 12.1 Å². The van der Waals surface area contributed by atoms with Gasteiger partial charge < -0.3 is 10.6 Å². The number of piperidine rings is 1. The van der Waals surface area contributed by atoms with E-state index in [1.807, 2.05) is 0 Å². The van der Waals surface area contributed by atoms with Gasteiger partial charge >= 0.3 is 0 Å². The van der Waals surface area contributed by atoms with E-state index in [-0.39, 0.29) is 17.4 Å². The normalized spacial score (nSPS) is 31.0. The minimum Gasteiger partial charge on any atom is -0.351 e. The van der Waals surface area contributed by atoms with Gasteiger partial charge in [0.1, 0.15) is 0 Å². The van der Waals surface area contributed by atoms with Crippen LogP contribution in [0.25, 0.3) is 0 Å². The first-order valence-corrected chi connectivity index (χ1v) is 5.22.